The first kappa shape index (κ1) is 24.9. The fraction of sp³-hybridized carbons (Fsp3) is 0.250. The molecular formula is C24H27N5O4S. The number of carboxylic acids is 2. The maximum Gasteiger partial charge on any atom is 0.414 e. The van der Waals surface area contributed by atoms with Gasteiger partial charge in [0.05, 0.1) is 16.3 Å². The first-order valence-corrected chi connectivity index (χ1v) is 11.6. The Labute approximate surface area is 201 Å². The van der Waals surface area contributed by atoms with E-state index in [1.807, 2.05) is 29.8 Å². The second kappa shape index (κ2) is 11.9. The maximum absolute atomic E-state index is 9.10. The van der Waals surface area contributed by atoms with Crippen molar-refractivity contribution >= 4 is 23.3 Å². The molecule has 0 amide bonds. The van der Waals surface area contributed by atoms with Gasteiger partial charge in [0.1, 0.15) is 5.69 Å². The molecule has 0 saturated heterocycles. The van der Waals surface area contributed by atoms with Crippen LogP contribution < -0.4 is 5.32 Å². The summed E-state index contributed by atoms with van der Waals surface area (Å²) in [5, 5.41) is 29.8. The molecule has 0 aliphatic heterocycles. The third-order valence-electron chi connectivity index (χ3n) is 4.89. The first-order valence-electron chi connectivity index (χ1n) is 10.7. The molecule has 0 saturated carbocycles. The highest BCUT2D eigenvalue weighted by atomic mass is 32.1. The van der Waals surface area contributed by atoms with E-state index >= 15 is 0 Å². The Kier molecular flexibility index (Phi) is 8.72. The van der Waals surface area contributed by atoms with Gasteiger partial charge in [-0.1, -0.05) is 24.3 Å². The second-order valence-corrected chi connectivity index (χ2v) is 8.50. The topological polar surface area (TPSA) is 122 Å². The fourth-order valence-electron chi connectivity index (χ4n) is 3.35. The molecule has 0 fully saturated rings. The molecule has 0 bridgehead atoms. The number of thiophene rings is 1. The van der Waals surface area contributed by atoms with E-state index in [0.29, 0.717) is 0 Å². The lowest BCUT2D eigenvalue weighted by Crippen LogP contribution is -2.17. The number of para-hydroxylation sites is 1. The van der Waals surface area contributed by atoms with Gasteiger partial charge in [0, 0.05) is 30.5 Å². The van der Waals surface area contributed by atoms with Crippen molar-refractivity contribution in [2.75, 3.05) is 6.54 Å². The summed E-state index contributed by atoms with van der Waals surface area (Å²) < 4.78 is 4.06. The van der Waals surface area contributed by atoms with Crippen LogP contribution in [0.4, 0.5) is 0 Å². The first-order chi connectivity index (χ1) is 16.3. The number of rotatable bonds is 8. The van der Waals surface area contributed by atoms with Crippen molar-refractivity contribution in [2.45, 2.75) is 33.4 Å². The highest BCUT2D eigenvalue weighted by Gasteiger charge is 2.13. The van der Waals surface area contributed by atoms with Crippen LogP contribution >= 0.6 is 11.3 Å². The van der Waals surface area contributed by atoms with Crippen LogP contribution in [0.3, 0.4) is 0 Å². The van der Waals surface area contributed by atoms with Gasteiger partial charge in [-0.15, -0.1) is 11.3 Å². The van der Waals surface area contributed by atoms with Crippen molar-refractivity contribution in [3.05, 3.63) is 77.1 Å². The predicted octanol–water partition coefficient (Wildman–Crippen LogP) is 3.75. The SMILES string of the molecule is Cc1cc(C)n(CCCNCc2cn(-c3ccccc3)nc2-c2cccs2)n1.O=C(O)C(=O)O. The lowest BCUT2D eigenvalue weighted by molar-refractivity contribution is -0.159. The van der Waals surface area contributed by atoms with E-state index in [-0.39, 0.29) is 0 Å². The van der Waals surface area contributed by atoms with Gasteiger partial charge in [-0.25, -0.2) is 14.3 Å². The number of aromatic nitrogens is 4. The van der Waals surface area contributed by atoms with Crippen LogP contribution in [-0.4, -0.2) is 48.3 Å². The number of aryl methyl sites for hydroxylation is 3. The van der Waals surface area contributed by atoms with Crippen molar-refractivity contribution in [3.8, 4) is 16.3 Å². The van der Waals surface area contributed by atoms with Crippen molar-refractivity contribution in [1.82, 2.24) is 24.9 Å². The monoisotopic (exact) mass is 481 g/mol. The summed E-state index contributed by atoms with van der Waals surface area (Å²) in [5.41, 5.74) is 5.67. The Hall–Kier alpha value is -3.76. The molecule has 0 spiro atoms. The number of hydrogen-bond donors (Lipinski definition) is 3. The van der Waals surface area contributed by atoms with Crippen molar-refractivity contribution < 1.29 is 19.8 Å². The zero-order chi connectivity index (χ0) is 24.5. The van der Waals surface area contributed by atoms with Crippen molar-refractivity contribution in [1.29, 1.82) is 0 Å². The van der Waals surface area contributed by atoms with E-state index in [1.54, 1.807) is 11.3 Å². The normalized spacial score (nSPS) is 10.5. The Morgan fingerprint density at radius 2 is 1.76 bits per heavy atom. The summed E-state index contributed by atoms with van der Waals surface area (Å²) in [6.45, 7) is 6.83. The number of aliphatic carboxylic acids is 2. The third-order valence-corrected chi connectivity index (χ3v) is 5.77. The summed E-state index contributed by atoms with van der Waals surface area (Å²) in [5.74, 6) is -3.65. The Bertz CT molecular complexity index is 1200. The average Bonchev–Trinajstić information content (AvgIpc) is 3.55. The van der Waals surface area contributed by atoms with Gasteiger partial charge >= 0.3 is 11.9 Å². The minimum absolute atomic E-state index is 0.803. The molecule has 9 nitrogen and oxygen atoms in total. The molecule has 0 aliphatic carbocycles. The lowest BCUT2D eigenvalue weighted by Gasteiger charge is -2.06. The van der Waals surface area contributed by atoms with Crippen LogP contribution in [0.5, 0.6) is 0 Å². The Balaban J connectivity index is 0.000000481. The van der Waals surface area contributed by atoms with Crippen LogP contribution in [0.2, 0.25) is 0 Å². The highest BCUT2D eigenvalue weighted by molar-refractivity contribution is 7.13. The molecule has 3 heterocycles. The van der Waals surface area contributed by atoms with E-state index in [9.17, 15) is 0 Å². The molecule has 3 N–H and O–H groups in total. The Morgan fingerprint density at radius 1 is 1.03 bits per heavy atom. The third kappa shape index (κ3) is 6.87. The molecule has 1 aromatic carbocycles. The van der Waals surface area contributed by atoms with Crippen LogP contribution in [-0.2, 0) is 22.7 Å². The molecule has 34 heavy (non-hydrogen) atoms. The average molecular weight is 482 g/mol. The zero-order valence-corrected chi connectivity index (χ0v) is 19.8. The molecule has 178 valence electrons. The molecule has 0 atom stereocenters. The smallest absolute Gasteiger partial charge is 0.414 e. The van der Waals surface area contributed by atoms with Gasteiger partial charge in [-0.05, 0) is 56.5 Å². The number of benzene rings is 1. The standard InChI is InChI=1S/C22H25N5S.C2H2O4/c1-17-14-18(2)26(24-17)12-7-11-23-15-19-16-27(20-8-4-3-5-9-20)25-22(19)21-10-6-13-28-21;3-1(4)2(5)6/h3-6,8-10,13-14,16,23H,7,11-12,15H2,1-2H3;(H,3,4)(H,5,6). The summed E-state index contributed by atoms with van der Waals surface area (Å²) >= 11 is 1.73. The van der Waals surface area contributed by atoms with E-state index < -0.39 is 11.9 Å². The van der Waals surface area contributed by atoms with Gasteiger partial charge in [0.15, 0.2) is 0 Å². The molecule has 0 aliphatic rings. The number of carbonyl (C=O) groups is 2. The number of nitrogens with zero attached hydrogens (tertiary/aromatic N) is 4. The summed E-state index contributed by atoms with van der Waals surface area (Å²) in [4.78, 5) is 19.4. The molecule has 4 aromatic rings. The van der Waals surface area contributed by atoms with Crippen LogP contribution in [0.15, 0.2) is 60.1 Å². The van der Waals surface area contributed by atoms with Gasteiger partial charge in [0.2, 0.25) is 0 Å². The predicted molar refractivity (Wildman–Crippen MR) is 130 cm³/mol. The van der Waals surface area contributed by atoms with Gasteiger partial charge in [-0.2, -0.15) is 10.2 Å². The van der Waals surface area contributed by atoms with Gasteiger partial charge in [-0.3, -0.25) is 4.68 Å². The van der Waals surface area contributed by atoms with Crippen molar-refractivity contribution in [3.63, 3.8) is 0 Å². The Morgan fingerprint density at radius 3 is 2.35 bits per heavy atom. The van der Waals surface area contributed by atoms with E-state index in [2.05, 4.69) is 63.9 Å². The number of carboxylic acid groups (broad SMARTS) is 2. The van der Waals surface area contributed by atoms with Crippen LogP contribution in [0, 0.1) is 13.8 Å². The molecule has 3 aromatic heterocycles. The maximum atomic E-state index is 9.10. The fourth-order valence-corrected chi connectivity index (χ4v) is 4.10. The second-order valence-electron chi connectivity index (χ2n) is 7.55. The molecule has 0 unspecified atom stereocenters. The minimum Gasteiger partial charge on any atom is -0.473 e. The quantitative estimate of drug-likeness (QED) is 0.259. The van der Waals surface area contributed by atoms with Crippen LogP contribution in [0.25, 0.3) is 16.3 Å². The lowest BCUT2D eigenvalue weighted by atomic mass is 10.2. The largest absolute Gasteiger partial charge is 0.473 e. The van der Waals surface area contributed by atoms with E-state index in [4.69, 9.17) is 24.9 Å². The van der Waals surface area contributed by atoms with Crippen LogP contribution in [0.1, 0.15) is 23.4 Å². The molecule has 4 rings (SSSR count). The van der Waals surface area contributed by atoms with E-state index in [0.717, 1.165) is 43.1 Å². The molecule has 10 heteroatoms. The summed E-state index contributed by atoms with van der Waals surface area (Å²) in [6.07, 6.45) is 3.18. The van der Waals surface area contributed by atoms with Gasteiger partial charge in [0.25, 0.3) is 0 Å². The zero-order valence-electron chi connectivity index (χ0n) is 19.0. The van der Waals surface area contributed by atoms with E-state index in [1.165, 1.54) is 16.1 Å². The number of nitrogens with one attached hydrogen (secondary N) is 1. The summed E-state index contributed by atoms with van der Waals surface area (Å²) in [6, 6.07) is 16.6. The van der Waals surface area contributed by atoms with Gasteiger partial charge < -0.3 is 15.5 Å². The summed E-state index contributed by atoms with van der Waals surface area (Å²) in [7, 11) is 0. The minimum atomic E-state index is -1.82. The number of hydrogen-bond acceptors (Lipinski definition) is 6. The highest BCUT2D eigenvalue weighted by Crippen LogP contribution is 2.27. The molecule has 0 radical (unpaired) electrons. The molecular weight excluding hydrogens is 454 g/mol. The van der Waals surface area contributed by atoms with Crippen molar-refractivity contribution in [2.24, 2.45) is 0 Å².